The van der Waals surface area contributed by atoms with E-state index in [9.17, 15) is 4.79 Å². The molecule has 0 saturated heterocycles. The van der Waals surface area contributed by atoms with Gasteiger partial charge in [-0.2, -0.15) is 0 Å². The minimum absolute atomic E-state index is 0.0974. The van der Waals surface area contributed by atoms with E-state index in [1.807, 2.05) is 18.2 Å². The third kappa shape index (κ3) is 1.79. The Hall–Kier alpha value is -1.31. The number of hydrogen-bond donors (Lipinski definition) is 1. The van der Waals surface area contributed by atoms with Crippen molar-refractivity contribution in [3.8, 4) is 0 Å². The van der Waals surface area contributed by atoms with Crippen molar-refractivity contribution in [3.05, 3.63) is 35.9 Å². The highest BCUT2D eigenvalue weighted by Gasteiger charge is 2.28. The molecule has 2 nitrogen and oxygen atoms in total. The molecule has 0 aliphatic heterocycles. The number of nitrogens with two attached hydrogens (primary N) is 1. The van der Waals surface area contributed by atoms with E-state index in [4.69, 9.17) is 5.73 Å². The lowest BCUT2D eigenvalue weighted by Crippen LogP contribution is -2.20. The third-order valence-corrected chi connectivity index (χ3v) is 3.11. The number of rotatable bonds is 2. The molecule has 14 heavy (non-hydrogen) atoms. The van der Waals surface area contributed by atoms with Crippen LogP contribution in [0.2, 0.25) is 0 Å². The van der Waals surface area contributed by atoms with Gasteiger partial charge in [-0.3, -0.25) is 4.79 Å². The molecule has 1 saturated carbocycles. The molecule has 2 unspecified atom stereocenters. The second-order valence-electron chi connectivity index (χ2n) is 4.02. The monoisotopic (exact) mass is 189 g/mol. The topological polar surface area (TPSA) is 43.1 Å². The van der Waals surface area contributed by atoms with Crippen molar-refractivity contribution in [2.45, 2.75) is 25.2 Å². The maximum Gasteiger partial charge on any atom is 0.220 e. The minimum atomic E-state index is -0.136. The Morgan fingerprint density at radius 3 is 2.50 bits per heavy atom. The number of benzene rings is 1. The van der Waals surface area contributed by atoms with E-state index in [0.29, 0.717) is 5.92 Å². The van der Waals surface area contributed by atoms with Crippen LogP contribution in [-0.4, -0.2) is 5.91 Å². The van der Waals surface area contributed by atoms with E-state index in [-0.39, 0.29) is 11.8 Å². The van der Waals surface area contributed by atoms with E-state index >= 15 is 0 Å². The summed E-state index contributed by atoms with van der Waals surface area (Å²) in [6.07, 6.45) is 2.98. The summed E-state index contributed by atoms with van der Waals surface area (Å²) in [6.45, 7) is 0. The largest absolute Gasteiger partial charge is 0.369 e. The second kappa shape index (κ2) is 3.82. The van der Waals surface area contributed by atoms with Gasteiger partial charge < -0.3 is 5.73 Å². The first-order valence-corrected chi connectivity index (χ1v) is 5.11. The fourth-order valence-corrected chi connectivity index (χ4v) is 2.27. The van der Waals surface area contributed by atoms with E-state index in [1.165, 1.54) is 5.56 Å². The van der Waals surface area contributed by atoms with Crippen molar-refractivity contribution in [2.75, 3.05) is 0 Å². The van der Waals surface area contributed by atoms with Gasteiger partial charge in [0.1, 0.15) is 0 Å². The number of carbonyl (C=O) groups excluding carboxylic acids is 1. The highest BCUT2D eigenvalue weighted by atomic mass is 16.1. The number of hydrogen-bond acceptors (Lipinski definition) is 1. The Balaban J connectivity index is 2.06. The number of primary amides is 1. The summed E-state index contributed by atoms with van der Waals surface area (Å²) in [4.78, 5) is 11.0. The lowest BCUT2D eigenvalue weighted by Gasteiger charge is -2.09. The van der Waals surface area contributed by atoms with Crippen molar-refractivity contribution < 1.29 is 4.79 Å². The van der Waals surface area contributed by atoms with E-state index in [2.05, 4.69) is 12.1 Å². The molecule has 0 radical (unpaired) electrons. The lowest BCUT2D eigenvalue weighted by atomic mass is 9.96. The van der Waals surface area contributed by atoms with E-state index in [1.54, 1.807) is 0 Å². The Morgan fingerprint density at radius 1 is 1.21 bits per heavy atom. The Kier molecular flexibility index (Phi) is 2.53. The predicted octanol–water partition coefficient (Wildman–Crippen LogP) is 2.06. The summed E-state index contributed by atoms with van der Waals surface area (Å²) in [6, 6.07) is 10.4. The van der Waals surface area contributed by atoms with Crippen molar-refractivity contribution in [3.63, 3.8) is 0 Å². The van der Waals surface area contributed by atoms with Gasteiger partial charge in [-0.25, -0.2) is 0 Å². The second-order valence-corrected chi connectivity index (χ2v) is 4.02. The fourth-order valence-electron chi connectivity index (χ4n) is 2.27. The molecule has 1 amide bonds. The highest BCUT2D eigenvalue weighted by molar-refractivity contribution is 5.77. The zero-order chi connectivity index (χ0) is 9.97. The third-order valence-electron chi connectivity index (χ3n) is 3.11. The maximum absolute atomic E-state index is 11.0. The van der Waals surface area contributed by atoms with Crippen LogP contribution >= 0.6 is 0 Å². The smallest absolute Gasteiger partial charge is 0.220 e. The van der Waals surface area contributed by atoms with Crippen molar-refractivity contribution in [1.29, 1.82) is 0 Å². The summed E-state index contributed by atoms with van der Waals surface area (Å²) >= 11 is 0. The maximum atomic E-state index is 11.0. The molecule has 2 atom stereocenters. The molecule has 0 spiro atoms. The quantitative estimate of drug-likeness (QED) is 0.760. The number of carbonyl (C=O) groups is 1. The van der Waals surface area contributed by atoms with Crippen LogP contribution < -0.4 is 5.73 Å². The standard InChI is InChI=1S/C12H15NO/c13-12(14)11-7-6-10(8-11)9-4-2-1-3-5-9/h1-5,10-11H,6-8H2,(H2,13,14). The van der Waals surface area contributed by atoms with Crippen LogP contribution in [0.3, 0.4) is 0 Å². The first-order valence-electron chi connectivity index (χ1n) is 5.11. The van der Waals surface area contributed by atoms with Gasteiger partial charge in [0.15, 0.2) is 0 Å². The first kappa shape index (κ1) is 9.25. The van der Waals surface area contributed by atoms with Crippen LogP contribution in [0, 0.1) is 5.92 Å². The molecule has 2 N–H and O–H groups in total. The normalized spacial score (nSPS) is 26.3. The molecule has 1 aliphatic rings. The van der Waals surface area contributed by atoms with Gasteiger partial charge in [-0.15, -0.1) is 0 Å². The summed E-state index contributed by atoms with van der Waals surface area (Å²) in [5.74, 6) is 0.498. The van der Waals surface area contributed by atoms with Crippen LogP contribution in [0.4, 0.5) is 0 Å². The average molecular weight is 189 g/mol. The highest BCUT2D eigenvalue weighted by Crippen LogP contribution is 2.37. The SMILES string of the molecule is NC(=O)C1CCC(c2ccccc2)C1. The predicted molar refractivity (Wildman–Crippen MR) is 55.7 cm³/mol. The molecular formula is C12H15NO. The van der Waals surface area contributed by atoms with Crippen molar-refractivity contribution in [1.82, 2.24) is 0 Å². The van der Waals surface area contributed by atoms with Gasteiger partial charge in [-0.05, 0) is 30.7 Å². The van der Waals surface area contributed by atoms with Crippen LogP contribution in [0.25, 0.3) is 0 Å². The summed E-state index contributed by atoms with van der Waals surface area (Å²) in [7, 11) is 0. The average Bonchev–Trinajstić information content (AvgIpc) is 2.68. The van der Waals surface area contributed by atoms with Gasteiger partial charge in [0, 0.05) is 5.92 Å². The van der Waals surface area contributed by atoms with Gasteiger partial charge in [0.25, 0.3) is 0 Å². The summed E-state index contributed by atoms with van der Waals surface area (Å²) < 4.78 is 0. The Bertz CT molecular complexity index is 320. The molecule has 1 fully saturated rings. The molecule has 1 aliphatic carbocycles. The Morgan fingerprint density at radius 2 is 1.93 bits per heavy atom. The van der Waals surface area contributed by atoms with Gasteiger partial charge in [0.05, 0.1) is 0 Å². The van der Waals surface area contributed by atoms with Crippen LogP contribution in [-0.2, 0) is 4.79 Å². The minimum Gasteiger partial charge on any atom is -0.369 e. The first-order chi connectivity index (χ1) is 6.77. The lowest BCUT2D eigenvalue weighted by molar-refractivity contribution is -0.121. The van der Waals surface area contributed by atoms with Crippen molar-refractivity contribution >= 4 is 5.91 Å². The molecule has 0 bridgehead atoms. The van der Waals surface area contributed by atoms with Crippen LogP contribution in [0.15, 0.2) is 30.3 Å². The molecule has 2 heteroatoms. The number of amides is 1. The summed E-state index contributed by atoms with van der Waals surface area (Å²) in [5, 5.41) is 0. The van der Waals surface area contributed by atoms with Crippen LogP contribution in [0.1, 0.15) is 30.7 Å². The fraction of sp³-hybridized carbons (Fsp3) is 0.417. The zero-order valence-corrected chi connectivity index (χ0v) is 8.15. The van der Waals surface area contributed by atoms with Gasteiger partial charge in [-0.1, -0.05) is 30.3 Å². The van der Waals surface area contributed by atoms with Gasteiger partial charge >= 0.3 is 0 Å². The molecule has 2 rings (SSSR count). The van der Waals surface area contributed by atoms with Gasteiger partial charge in [0.2, 0.25) is 5.91 Å². The van der Waals surface area contributed by atoms with Crippen molar-refractivity contribution in [2.24, 2.45) is 11.7 Å². The van der Waals surface area contributed by atoms with E-state index in [0.717, 1.165) is 19.3 Å². The molecule has 1 aromatic rings. The molecular weight excluding hydrogens is 174 g/mol. The Labute approximate surface area is 84.1 Å². The molecule has 0 aromatic heterocycles. The van der Waals surface area contributed by atoms with Crippen LogP contribution in [0.5, 0.6) is 0 Å². The molecule has 1 aromatic carbocycles. The summed E-state index contributed by atoms with van der Waals surface area (Å²) in [5.41, 5.74) is 6.64. The molecule has 0 heterocycles. The molecule has 74 valence electrons. The zero-order valence-electron chi connectivity index (χ0n) is 8.15. The van der Waals surface area contributed by atoms with E-state index < -0.39 is 0 Å².